The van der Waals surface area contributed by atoms with Crippen molar-refractivity contribution in [3.63, 3.8) is 0 Å². The van der Waals surface area contributed by atoms with E-state index in [0.29, 0.717) is 33.9 Å². The van der Waals surface area contributed by atoms with Crippen molar-refractivity contribution in [2.45, 2.75) is 12.1 Å². The first-order valence-electron chi connectivity index (χ1n) is 12.8. The summed E-state index contributed by atoms with van der Waals surface area (Å²) < 4.78 is 11.7. The third kappa shape index (κ3) is 3.72. The minimum Gasteiger partial charge on any atom is -0.454 e. The van der Waals surface area contributed by atoms with Gasteiger partial charge in [-0.2, -0.15) is 0 Å². The molecule has 0 aromatic heterocycles. The summed E-state index contributed by atoms with van der Waals surface area (Å²) in [4.78, 5) is 58.1. The van der Waals surface area contributed by atoms with Gasteiger partial charge < -0.3 is 14.4 Å². The van der Waals surface area contributed by atoms with Crippen molar-refractivity contribution in [3.8, 4) is 11.5 Å². The van der Waals surface area contributed by atoms with E-state index in [4.69, 9.17) is 9.47 Å². The van der Waals surface area contributed by atoms with Crippen LogP contribution in [0.25, 0.3) is 0 Å². The summed E-state index contributed by atoms with van der Waals surface area (Å²) in [5.41, 5.74) is 1.70. The van der Waals surface area contributed by atoms with Gasteiger partial charge in [0.2, 0.25) is 18.6 Å². The summed E-state index contributed by atoms with van der Waals surface area (Å²) in [5, 5.41) is 0. The van der Waals surface area contributed by atoms with Gasteiger partial charge in [-0.25, -0.2) is 4.90 Å². The maximum absolute atomic E-state index is 14.0. The molecule has 198 valence electrons. The molecular weight excluding hydrogens is 576 g/mol. The smallest absolute Gasteiger partial charge is 0.240 e. The zero-order valence-electron chi connectivity index (χ0n) is 20.9. The highest BCUT2D eigenvalue weighted by atomic mass is 79.9. The van der Waals surface area contributed by atoms with E-state index in [2.05, 4.69) is 15.9 Å². The second-order valence-corrected chi connectivity index (χ2v) is 10.9. The average Bonchev–Trinajstić information content (AvgIpc) is 3.65. The largest absolute Gasteiger partial charge is 0.454 e. The van der Waals surface area contributed by atoms with Crippen LogP contribution in [0.15, 0.2) is 101 Å². The minimum absolute atomic E-state index is 0.0576. The number of hydrogen-bond donors (Lipinski definition) is 0. The molecule has 4 aliphatic rings. The topological polar surface area (TPSA) is 93.2 Å². The van der Waals surface area contributed by atoms with E-state index in [1.165, 1.54) is 0 Å². The van der Waals surface area contributed by atoms with Gasteiger partial charge in [-0.3, -0.25) is 19.2 Å². The standard InChI is InChI=1S/C31H21BrN2O6/c32-20-8-6-18(7-9-20)29(36)27-26-25(22-14-19(12-13-33(22)27)28(35)17-4-2-1-3-5-17)30(37)34(31(26)38)21-10-11-23-24(15-21)40-16-39-23/h1-15,22,25-27H,16H2/t22-,25+,26+,27+/m1/s1. The fraction of sp³-hybridized carbons (Fsp3) is 0.161. The number of amides is 2. The molecule has 4 aliphatic heterocycles. The number of imide groups is 1. The highest BCUT2D eigenvalue weighted by Gasteiger charge is 2.63. The Morgan fingerprint density at radius 3 is 2.33 bits per heavy atom. The van der Waals surface area contributed by atoms with Crippen molar-refractivity contribution in [1.82, 2.24) is 4.90 Å². The first-order valence-corrected chi connectivity index (χ1v) is 13.6. The molecule has 0 saturated carbocycles. The molecule has 2 amide bonds. The number of carbonyl (C=O) groups is 4. The van der Waals surface area contributed by atoms with Crippen LogP contribution < -0.4 is 14.4 Å². The maximum atomic E-state index is 14.0. The molecule has 7 rings (SSSR count). The van der Waals surface area contributed by atoms with Gasteiger partial charge in [0.1, 0.15) is 6.04 Å². The van der Waals surface area contributed by atoms with Crippen LogP contribution in [0.3, 0.4) is 0 Å². The Balaban J connectivity index is 1.30. The zero-order valence-corrected chi connectivity index (χ0v) is 22.5. The summed E-state index contributed by atoms with van der Waals surface area (Å²) in [7, 11) is 0. The lowest BCUT2D eigenvalue weighted by Crippen LogP contribution is -2.46. The van der Waals surface area contributed by atoms with Gasteiger partial charge >= 0.3 is 0 Å². The average molecular weight is 597 g/mol. The number of hydrogen-bond acceptors (Lipinski definition) is 7. The predicted octanol–water partition coefficient (Wildman–Crippen LogP) is 4.56. The van der Waals surface area contributed by atoms with E-state index in [9.17, 15) is 19.2 Å². The van der Waals surface area contributed by atoms with Gasteiger partial charge in [0, 0.05) is 33.4 Å². The van der Waals surface area contributed by atoms with Crippen LogP contribution in [0.5, 0.6) is 11.5 Å². The molecule has 0 bridgehead atoms. The Morgan fingerprint density at radius 2 is 1.55 bits per heavy atom. The zero-order chi connectivity index (χ0) is 27.5. The molecule has 4 heterocycles. The normalized spacial score (nSPS) is 24.2. The second kappa shape index (κ2) is 9.31. The molecule has 8 nitrogen and oxygen atoms in total. The van der Waals surface area contributed by atoms with Gasteiger partial charge in [-0.1, -0.05) is 64.5 Å². The molecular formula is C31H21BrN2O6. The number of Topliss-reactive ketones (excluding diaryl/α,β-unsaturated/α-hetero) is 2. The van der Waals surface area contributed by atoms with E-state index >= 15 is 0 Å². The van der Waals surface area contributed by atoms with Gasteiger partial charge in [0.15, 0.2) is 23.1 Å². The molecule has 0 spiro atoms. The second-order valence-electron chi connectivity index (χ2n) is 9.99. The fourth-order valence-corrected chi connectivity index (χ4v) is 6.28. The molecule has 0 N–H and O–H groups in total. The van der Waals surface area contributed by atoms with Gasteiger partial charge in [0.25, 0.3) is 0 Å². The molecule has 2 saturated heterocycles. The highest BCUT2D eigenvalue weighted by molar-refractivity contribution is 9.10. The first kappa shape index (κ1) is 24.5. The SMILES string of the molecule is O=C(C1=C[C@@H]2[C@@H]3C(=O)N(c4ccc5c(c4)OCO5)C(=O)[C@@H]3[C@@H](C(=O)c3ccc(Br)cc3)N2C=C1)c1ccccc1. The quantitative estimate of drug-likeness (QED) is 0.315. The Bertz CT molecular complexity index is 1650. The van der Waals surface area contributed by atoms with Crippen molar-refractivity contribution >= 4 is 45.0 Å². The number of benzene rings is 3. The molecule has 3 aromatic carbocycles. The molecule has 0 unspecified atom stereocenters. The number of anilines is 1. The Labute approximate surface area is 237 Å². The van der Waals surface area contributed by atoms with Crippen LogP contribution in [0.4, 0.5) is 5.69 Å². The van der Waals surface area contributed by atoms with E-state index in [0.717, 1.165) is 9.37 Å². The molecule has 0 radical (unpaired) electrons. The molecule has 4 atom stereocenters. The number of nitrogens with zero attached hydrogens (tertiary/aromatic N) is 2. The fourth-order valence-electron chi connectivity index (χ4n) is 6.02. The summed E-state index contributed by atoms with van der Waals surface area (Å²) in [5.74, 6) is -2.17. The number of fused-ring (bicyclic) bond motifs is 4. The Kier molecular flexibility index (Phi) is 5.71. The van der Waals surface area contributed by atoms with Crippen molar-refractivity contribution in [1.29, 1.82) is 0 Å². The Morgan fingerprint density at radius 1 is 0.825 bits per heavy atom. The minimum atomic E-state index is -0.939. The number of halogens is 1. The summed E-state index contributed by atoms with van der Waals surface area (Å²) in [6.45, 7) is 0.0576. The summed E-state index contributed by atoms with van der Waals surface area (Å²) in [6, 6.07) is 19.1. The molecule has 0 aliphatic carbocycles. The molecule has 40 heavy (non-hydrogen) atoms. The van der Waals surface area contributed by atoms with Crippen molar-refractivity contribution in [3.05, 3.63) is 112 Å². The van der Waals surface area contributed by atoms with E-state index in [-0.39, 0.29) is 18.4 Å². The van der Waals surface area contributed by atoms with Crippen LogP contribution in [0.2, 0.25) is 0 Å². The van der Waals surface area contributed by atoms with Crippen LogP contribution in [-0.2, 0) is 9.59 Å². The lowest BCUT2D eigenvalue weighted by Gasteiger charge is -2.32. The number of carbonyl (C=O) groups excluding carboxylic acids is 4. The van der Waals surface area contributed by atoms with E-state index in [1.807, 2.05) is 6.07 Å². The molecule has 9 heteroatoms. The lowest BCUT2D eigenvalue weighted by atomic mass is 9.85. The highest BCUT2D eigenvalue weighted by Crippen LogP contribution is 2.48. The number of ketones is 2. The van der Waals surface area contributed by atoms with Crippen LogP contribution in [0.1, 0.15) is 20.7 Å². The molecule has 3 aromatic rings. The third-order valence-electron chi connectivity index (χ3n) is 7.86. The first-order chi connectivity index (χ1) is 19.4. The van der Waals surface area contributed by atoms with Gasteiger partial charge in [0.05, 0.1) is 23.6 Å². The number of ether oxygens (including phenoxy) is 2. The Hall–Kier alpha value is -4.50. The summed E-state index contributed by atoms with van der Waals surface area (Å²) >= 11 is 3.39. The van der Waals surface area contributed by atoms with E-state index < -0.39 is 35.7 Å². The van der Waals surface area contributed by atoms with Crippen LogP contribution in [0, 0.1) is 11.8 Å². The van der Waals surface area contributed by atoms with E-state index in [1.54, 1.807) is 90.0 Å². The lowest BCUT2D eigenvalue weighted by molar-refractivity contribution is -0.123. The number of rotatable bonds is 5. The van der Waals surface area contributed by atoms with Crippen molar-refractivity contribution in [2.75, 3.05) is 11.7 Å². The predicted molar refractivity (Wildman–Crippen MR) is 148 cm³/mol. The number of allylic oxidation sites excluding steroid dienone is 2. The third-order valence-corrected chi connectivity index (χ3v) is 8.39. The molecule has 2 fully saturated rings. The monoisotopic (exact) mass is 596 g/mol. The van der Waals surface area contributed by atoms with Crippen LogP contribution in [-0.4, -0.2) is 47.2 Å². The summed E-state index contributed by atoms with van der Waals surface area (Å²) in [6.07, 6.45) is 5.04. The van der Waals surface area contributed by atoms with Gasteiger partial charge in [-0.05, 0) is 30.3 Å². The van der Waals surface area contributed by atoms with Crippen LogP contribution >= 0.6 is 15.9 Å². The maximum Gasteiger partial charge on any atom is 0.240 e. The van der Waals surface area contributed by atoms with Crippen molar-refractivity contribution < 1.29 is 28.7 Å². The van der Waals surface area contributed by atoms with Crippen molar-refractivity contribution in [2.24, 2.45) is 11.8 Å². The van der Waals surface area contributed by atoms with Gasteiger partial charge in [-0.15, -0.1) is 0 Å².